The third-order valence-corrected chi connectivity index (χ3v) is 3.96. The summed E-state index contributed by atoms with van der Waals surface area (Å²) in [7, 11) is 0. The quantitative estimate of drug-likeness (QED) is 0.878. The zero-order chi connectivity index (χ0) is 17.6. The zero-order valence-electron chi connectivity index (χ0n) is 13.6. The van der Waals surface area contributed by atoms with Crippen LogP contribution in [0.4, 0.5) is 10.1 Å². The van der Waals surface area contributed by atoms with Crippen molar-refractivity contribution in [1.82, 2.24) is 5.32 Å². The molecule has 2 aromatic carbocycles. The number of halogens is 1. The molecule has 3 rings (SSSR count). The van der Waals surface area contributed by atoms with Gasteiger partial charge in [0.1, 0.15) is 11.9 Å². The molecule has 2 amide bonds. The molecule has 1 aliphatic rings. The van der Waals surface area contributed by atoms with Crippen LogP contribution in [0.3, 0.4) is 0 Å². The lowest BCUT2D eigenvalue weighted by Gasteiger charge is -2.11. The van der Waals surface area contributed by atoms with E-state index in [2.05, 4.69) is 10.6 Å². The van der Waals surface area contributed by atoms with Gasteiger partial charge in [-0.2, -0.15) is 0 Å². The summed E-state index contributed by atoms with van der Waals surface area (Å²) in [6, 6.07) is 12.7. The first-order valence-electron chi connectivity index (χ1n) is 8.17. The van der Waals surface area contributed by atoms with Gasteiger partial charge in [-0.1, -0.05) is 18.2 Å². The number of nitrogens with one attached hydrogen (secondary N) is 2. The number of benzene rings is 2. The van der Waals surface area contributed by atoms with E-state index < -0.39 is 6.10 Å². The Morgan fingerprint density at radius 1 is 1.16 bits per heavy atom. The van der Waals surface area contributed by atoms with E-state index >= 15 is 0 Å². The molecule has 6 heteroatoms. The van der Waals surface area contributed by atoms with Gasteiger partial charge in [-0.25, -0.2) is 4.39 Å². The summed E-state index contributed by atoms with van der Waals surface area (Å²) in [5.74, 6) is -0.835. The number of ether oxygens (including phenoxy) is 1. The lowest BCUT2D eigenvalue weighted by atomic mass is 10.1. The molecule has 130 valence electrons. The Bertz CT molecular complexity index is 773. The highest BCUT2D eigenvalue weighted by Crippen LogP contribution is 2.16. The Morgan fingerprint density at radius 2 is 2.00 bits per heavy atom. The van der Waals surface area contributed by atoms with Gasteiger partial charge in [0, 0.05) is 24.4 Å². The maximum Gasteiger partial charge on any atom is 0.253 e. The third-order valence-electron chi connectivity index (χ3n) is 3.96. The number of anilines is 1. The van der Waals surface area contributed by atoms with Gasteiger partial charge in [-0.3, -0.25) is 9.59 Å². The summed E-state index contributed by atoms with van der Waals surface area (Å²) >= 11 is 0. The molecule has 1 saturated heterocycles. The van der Waals surface area contributed by atoms with E-state index in [1.807, 2.05) is 0 Å². The molecule has 1 heterocycles. The molecule has 0 radical (unpaired) electrons. The number of carbonyl (C=O) groups is 2. The Kier molecular flexibility index (Phi) is 5.40. The van der Waals surface area contributed by atoms with E-state index in [1.54, 1.807) is 36.4 Å². The van der Waals surface area contributed by atoms with Crippen LogP contribution in [0.15, 0.2) is 48.5 Å². The lowest BCUT2D eigenvalue weighted by Crippen LogP contribution is -2.27. The molecule has 1 fully saturated rings. The van der Waals surface area contributed by atoms with Crippen molar-refractivity contribution in [3.8, 4) is 0 Å². The van der Waals surface area contributed by atoms with Gasteiger partial charge < -0.3 is 15.4 Å². The number of hydrogen-bond acceptors (Lipinski definition) is 3. The summed E-state index contributed by atoms with van der Waals surface area (Å²) in [6.45, 7) is 0.823. The molecule has 0 saturated carbocycles. The van der Waals surface area contributed by atoms with Gasteiger partial charge in [-0.05, 0) is 48.7 Å². The smallest absolute Gasteiger partial charge is 0.253 e. The number of rotatable bonds is 5. The molecule has 0 bridgehead atoms. The van der Waals surface area contributed by atoms with Crippen molar-refractivity contribution in [2.45, 2.75) is 25.5 Å². The van der Waals surface area contributed by atoms with E-state index in [-0.39, 0.29) is 24.2 Å². The van der Waals surface area contributed by atoms with Crippen molar-refractivity contribution in [3.63, 3.8) is 0 Å². The van der Waals surface area contributed by atoms with E-state index in [4.69, 9.17) is 4.74 Å². The average Bonchev–Trinajstić information content (AvgIpc) is 3.15. The number of carbonyl (C=O) groups excluding carboxylic acids is 2. The van der Waals surface area contributed by atoms with Crippen LogP contribution in [0, 0.1) is 5.82 Å². The minimum absolute atomic E-state index is 0.199. The second-order valence-electron chi connectivity index (χ2n) is 5.88. The Hall–Kier alpha value is -2.73. The molecule has 0 aliphatic carbocycles. The van der Waals surface area contributed by atoms with Crippen LogP contribution in [0.25, 0.3) is 0 Å². The van der Waals surface area contributed by atoms with Gasteiger partial charge in [0.25, 0.3) is 11.8 Å². The van der Waals surface area contributed by atoms with Crippen molar-refractivity contribution in [2.24, 2.45) is 0 Å². The predicted octanol–water partition coefficient (Wildman–Crippen LogP) is 2.87. The van der Waals surface area contributed by atoms with Crippen molar-refractivity contribution in [1.29, 1.82) is 0 Å². The monoisotopic (exact) mass is 342 g/mol. The van der Waals surface area contributed by atoms with Crippen molar-refractivity contribution >= 4 is 17.5 Å². The molecule has 1 unspecified atom stereocenters. The van der Waals surface area contributed by atoms with Gasteiger partial charge in [-0.15, -0.1) is 0 Å². The topological polar surface area (TPSA) is 67.4 Å². The second kappa shape index (κ2) is 7.90. The number of amides is 2. The highest BCUT2D eigenvalue weighted by atomic mass is 19.1. The average molecular weight is 342 g/mol. The fraction of sp³-hybridized carbons (Fsp3) is 0.263. The van der Waals surface area contributed by atoms with Crippen LogP contribution in [-0.2, 0) is 16.1 Å². The van der Waals surface area contributed by atoms with E-state index in [0.717, 1.165) is 6.42 Å². The fourth-order valence-electron chi connectivity index (χ4n) is 2.68. The summed E-state index contributed by atoms with van der Waals surface area (Å²) in [5, 5.41) is 5.50. The molecule has 25 heavy (non-hydrogen) atoms. The van der Waals surface area contributed by atoms with Gasteiger partial charge in [0.05, 0.1) is 0 Å². The van der Waals surface area contributed by atoms with Crippen LogP contribution >= 0.6 is 0 Å². The van der Waals surface area contributed by atoms with E-state index in [0.29, 0.717) is 29.8 Å². The van der Waals surface area contributed by atoms with Crippen LogP contribution in [0.5, 0.6) is 0 Å². The molecular weight excluding hydrogens is 323 g/mol. The van der Waals surface area contributed by atoms with Crippen LogP contribution in [-0.4, -0.2) is 24.5 Å². The number of hydrogen-bond donors (Lipinski definition) is 2. The maximum atomic E-state index is 13.2. The van der Waals surface area contributed by atoms with Crippen LogP contribution in [0.1, 0.15) is 28.8 Å². The first-order valence-corrected chi connectivity index (χ1v) is 8.17. The molecule has 1 aliphatic heterocycles. The molecule has 0 aromatic heterocycles. The Labute approximate surface area is 145 Å². The van der Waals surface area contributed by atoms with Gasteiger partial charge in [0.15, 0.2) is 0 Å². The first-order chi connectivity index (χ1) is 12.1. The SMILES string of the molecule is O=C(NCc1cccc(F)c1)c1cccc(NC(=O)C2CCCO2)c1. The molecule has 2 N–H and O–H groups in total. The maximum absolute atomic E-state index is 13.2. The van der Waals surface area contributed by atoms with Gasteiger partial charge >= 0.3 is 0 Å². The second-order valence-corrected chi connectivity index (χ2v) is 5.88. The third kappa shape index (κ3) is 4.64. The summed E-state index contributed by atoms with van der Waals surface area (Å²) in [5.41, 5.74) is 1.64. The largest absolute Gasteiger partial charge is 0.368 e. The normalized spacial score (nSPS) is 16.4. The molecular formula is C19H19FN2O3. The van der Waals surface area contributed by atoms with Crippen molar-refractivity contribution in [2.75, 3.05) is 11.9 Å². The minimum Gasteiger partial charge on any atom is -0.368 e. The summed E-state index contributed by atoms with van der Waals surface area (Å²) < 4.78 is 18.5. The molecule has 2 aromatic rings. The molecule has 5 nitrogen and oxygen atoms in total. The lowest BCUT2D eigenvalue weighted by molar-refractivity contribution is -0.124. The van der Waals surface area contributed by atoms with Gasteiger partial charge in [0.2, 0.25) is 0 Å². The highest BCUT2D eigenvalue weighted by molar-refractivity contribution is 5.98. The Morgan fingerprint density at radius 3 is 2.76 bits per heavy atom. The standard InChI is InChI=1S/C19H19FN2O3/c20-15-6-1-4-13(10-15)12-21-18(23)14-5-2-7-16(11-14)22-19(24)17-8-3-9-25-17/h1-2,4-7,10-11,17H,3,8-9,12H2,(H,21,23)(H,22,24). The zero-order valence-corrected chi connectivity index (χ0v) is 13.6. The highest BCUT2D eigenvalue weighted by Gasteiger charge is 2.23. The van der Waals surface area contributed by atoms with Crippen LogP contribution in [0.2, 0.25) is 0 Å². The Balaban J connectivity index is 1.60. The predicted molar refractivity (Wildman–Crippen MR) is 91.6 cm³/mol. The van der Waals surface area contributed by atoms with E-state index in [9.17, 15) is 14.0 Å². The molecule has 0 spiro atoms. The summed E-state index contributed by atoms with van der Waals surface area (Å²) in [4.78, 5) is 24.3. The van der Waals surface area contributed by atoms with Crippen LogP contribution < -0.4 is 10.6 Å². The van der Waals surface area contributed by atoms with Crippen molar-refractivity contribution < 1.29 is 18.7 Å². The fourth-order valence-corrected chi connectivity index (χ4v) is 2.68. The van der Waals surface area contributed by atoms with Crippen molar-refractivity contribution in [3.05, 3.63) is 65.5 Å². The summed E-state index contributed by atoms with van der Waals surface area (Å²) in [6.07, 6.45) is 1.16. The van der Waals surface area contributed by atoms with E-state index in [1.165, 1.54) is 12.1 Å². The minimum atomic E-state index is -0.426. The molecule has 1 atom stereocenters. The first kappa shape index (κ1) is 17.1.